The number of nitrogens with zero attached hydrogens (tertiary/aromatic N) is 2. The van der Waals surface area contributed by atoms with Gasteiger partial charge in [-0.2, -0.15) is 13.2 Å². The lowest BCUT2D eigenvalue weighted by Crippen LogP contribution is -2.21. The summed E-state index contributed by atoms with van der Waals surface area (Å²) < 4.78 is 75.4. The molecule has 1 atom stereocenters. The van der Waals surface area contributed by atoms with Gasteiger partial charge in [0, 0.05) is 12.3 Å². The lowest BCUT2D eigenvalue weighted by atomic mass is 10.0. The second kappa shape index (κ2) is 10.3. The van der Waals surface area contributed by atoms with Gasteiger partial charge in [-0.25, -0.2) is 13.8 Å². The Kier molecular flexibility index (Phi) is 7.25. The molecule has 1 aliphatic heterocycles. The first-order valence-corrected chi connectivity index (χ1v) is 10.9. The maximum absolute atomic E-state index is 14.3. The van der Waals surface area contributed by atoms with E-state index in [0.29, 0.717) is 11.8 Å². The Labute approximate surface area is 197 Å². The molecule has 1 aliphatic rings. The Morgan fingerprint density at radius 3 is 2.57 bits per heavy atom. The van der Waals surface area contributed by atoms with Crippen LogP contribution in [0.5, 0.6) is 5.75 Å². The molecule has 1 unspecified atom stereocenters. The number of anilines is 1. The van der Waals surface area contributed by atoms with Crippen molar-refractivity contribution in [3.8, 4) is 17.0 Å². The maximum Gasteiger partial charge on any atom is 0.418 e. The van der Waals surface area contributed by atoms with Crippen LogP contribution in [-0.4, -0.2) is 35.1 Å². The number of amides is 1. The molecule has 2 N–H and O–H groups in total. The molecule has 3 heterocycles. The highest BCUT2D eigenvalue weighted by atomic mass is 19.4. The van der Waals surface area contributed by atoms with E-state index in [1.54, 1.807) is 6.07 Å². The van der Waals surface area contributed by atoms with Crippen LogP contribution in [0.15, 0.2) is 48.8 Å². The Bertz CT molecular complexity index is 1190. The summed E-state index contributed by atoms with van der Waals surface area (Å²) in [5, 5.41) is 5.79. The summed E-state index contributed by atoms with van der Waals surface area (Å²) in [5.41, 5.74) is -3.64. The zero-order valence-electron chi connectivity index (χ0n) is 18.3. The molecular formula is C24H21F5N4O2. The number of aromatic nitrogens is 2. The molecule has 3 aromatic rings. The smallest absolute Gasteiger partial charge is 0.418 e. The number of ether oxygens (including phenoxy) is 1. The molecular weight excluding hydrogens is 471 g/mol. The first-order chi connectivity index (χ1) is 16.7. The lowest BCUT2D eigenvalue weighted by molar-refractivity contribution is -0.137. The van der Waals surface area contributed by atoms with E-state index >= 15 is 0 Å². The molecule has 0 radical (unpaired) electrons. The van der Waals surface area contributed by atoms with Crippen molar-refractivity contribution in [2.24, 2.45) is 0 Å². The number of hydrogen-bond donors (Lipinski definition) is 2. The lowest BCUT2D eigenvalue weighted by Gasteiger charge is -2.19. The second-order valence-electron chi connectivity index (χ2n) is 7.93. The number of hydrogen-bond acceptors (Lipinski definition) is 5. The molecule has 184 valence electrons. The summed E-state index contributed by atoms with van der Waals surface area (Å²) in [6.45, 7) is 1.66. The van der Waals surface area contributed by atoms with Crippen LogP contribution < -0.4 is 15.4 Å². The topological polar surface area (TPSA) is 76.1 Å². The fraction of sp³-hybridized carbons (Fsp3) is 0.292. The zero-order chi connectivity index (χ0) is 25.0. The van der Waals surface area contributed by atoms with Crippen molar-refractivity contribution in [2.75, 3.05) is 18.4 Å². The predicted molar refractivity (Wildman–Crippen MR) is 118 cm³/mol. The van der Waals surface area contributed by atoms with Crippen LogP contribution >= 0.6 is 0 Å². The molecule has 0 spiro atoms. The number of carbonyl (C=O) groups excluding carboxylic acids is 1. The van der Waals surface area contributed by atoms with Gasteiger partial charge in [0.2, 0.25) is 0 Å². The van der Waals surface area contributed by atoms with Crippen molar-refractivity contribution in [1.29, 1.82) is 0 Å². The van der Waals surface area contributed by atoms with Gasteiger partial charge in [-0.3, -0.25) is 9.78 Å². The molecule has 0 aliphatic carbocycles. The minimum Gasteiger partial charge on any atom is -0.488 e. The maximum atomic E-state index is 14.3. The molecule has 35 heavy (non-hydrogen) atoms. The van der Waals surface area contributed by atoms with Crippen LogP contribution in [-0.2, 0) is 6.18 Å². The van der Waals surface area contributed by atoms with Gasteiger partial charge in [0.25, 0.3) is 5.91 Å². The Hall–Kier alpha value is -3.60. The molecule has 0 saturated carbocycles. The summed E-state index contributed by atoms with van der Waals surface area (Å²) in [6.07, 6.45) is 0.253. The number of alkyl halides is 3. The molecule has 1 amide bonds. The Balaban J connectivity index is 1.65. The number of nitrogens with one attached hydrogen (secondary N) is 2. The third kappa shape index (κ3) is 5.73. The van der Waals surface area contributed by atoms with Gasteiger partial charge < -0.3 is 15.4 Å². The summed E-state index contributed by atoms with van der Waals surface area (Å²) >= 11 is 0. The van der Waals surface area contributed by atoms with Crippen molar-refractivity contribution in [1.82, 2.24) is 15.3 Å². The SMILES string of the molecule is O=C(Nc1cnccc1OC1CCCNCC1)c1ccc(C(F)(F)F)c(-c2c(F)cccc2F)n1. The summed E-state index contributed by atoms with van der Waals surface area (Å²) in [6, 6.07) is 5.63. The van der Waals surface area contributed by atoms with E-state index in [1.165, 1.54) is 12.4 Å². The average Bonchev–Trinajstić information content (AvgIpc) is 3.08. The molecule has 4 rings (SSSR count). The van der Waals surface area contributed by atoms with Crippen LogP contribution in [0.2, 0.25) is 0 Å². The van der Waals surface area contributed by atoms with Gasteiger partial charge in [0.1, 0.15) is 34.9 Å². The van der Waals surface area contributed by atoms with E-state index in [9.17, 15) is 26.7 Å². The van der Waals surface area contributed by atoms with E-state index in [2.05, 4.69) is 20.6 Å². The first kappa shape index (κ1) is 24.5. The number of carbonyl (C=O) groups is 1. The van der Waals surface area contributed by atoms with Crippen LogP contribution in [0.25, 0.3) is 11.3 Å². The van der Waals surface area contributed by atoms with Gasteiger partial charge in [0.05, 0.1) is 23.0 Å². The zero-order valence-corrected chi connectivity index (χ0v) is 18.3. The van der Waals surface area contributed by atoms with Crippen LogP contribution in [0.4, 0.5) is 27.6 Å². The van der Waals surface area contributed by atoms with Gasteiger partial charge in [-0.05, 0) is 56.6 Å². The monoisotopic (exact) mass is 492 g/mol. The number of benzene rings is 1. The van der Waals surface area contributed by atoms with E-state index in [-0.39, 0.29) is 11.8 Å². The fourth-order valence-electron chi connectivity index (χ4n) is 3.78. The number of halogens is 5. The largest absolute Gasteiger partial charge is 0.488 e. The number of rotatable bonds is 5. The molecule has 1 aromatic carbocycles. The highest BCUT2D eigenvalue weighted by Gasteiger charge is 2.36. The fourth-order valence-corrected chi connectivity index (χ4v) is 3.78. The van der Waals surface area contributed by atoms with Crippen LogP contribution in [0.3, 0.4) is 0 Å². The molecule has 1 saturated heterocycles. The molecule has 1 fully saturated rings. The van der Waals surface area contributed by atoms with Gasteiger partial charge in [0.15, 0.2) is 0 Å². The van der Waals surface area contributed by atoms with E-state index in [4.69, 9.17) is 4.74 Å². The highest BCUT2D eigenvalue weighted by molar-refractivity contribution is 6.04. The molecule has 11 heteroatoms. The number of pyridine rings is 2. The van der Waals surface area contributed by atoms with Crippen molar-refractivity contribution >= 4 is 11.6 Å². The van der Waals surface area contributed by atoms with E-state index < -0.39 is 46.2 Å². The Morgan fingerprint density at radius 2 is 1.83 bits per heavy atom. The summed E-state index contributed by atoms with van der Waals surface area (Å²) in [5.74, 6) is -3.02. The molecule has 2 aromatic heterocycles. The quantitative estimate of drug-likeness (QED) is 0.478. The van der Waals surface area contributed by atoms with Gasteiger partial charge in [-0.15, -0.1) is 0 Å². The standard InChI is InChI=1S/C24H21F5N4O2/c25-16-4-1-5-17(26)21(16)22-15(24(27,28)29)6-7-18(32-22)23(34)33-19-13-31-12-9-20(19)35-14-3-2-10-30-11-8-14/h1,4-7,9,12-14,30H,2-3,8,10-11H2,(H,33,34). The second-order valence-corrected chi connectivity index (χ2v) is 7.93. The van der Waals surface area contributed by atoms with E-state index in [1.807, 2.05) is 0 Å². The minimum atomic E-state index is -4.95. The molecule has 6 nitrogen and oxygen atoms in total. The van der Waals surface area contributed by atoms with Crippen molar-refractivity contribution in [2.45, 2.75) is 31.5 Å². The summed E-state index contributed by atoms with van der Waals surface area (Å²) in [7, 11) is 0. The van der Waals surface area contributed by atoms with E-state index in [0.717, 1.165) is 56.6 Å². The highest BCUT2D eigenvalue weighted by Crippen LogP contribution is 2.38. The van der Waals surface area contributed by atoms with Crippen molar-refractivity contribution in [3.05, 3.63) is 71.7 Å². The molecule has 0 bridgehead atoms. The third-order valence-corrected chi connectivity index (χ3v) is 5.48. The average molecular weight is 492 g/mol. The van der Waals surface area contributed by atoms with Crippen LogP contribution in [0, 0.1) is 11.6 Å². The Morgan fingerprint density at radius 1 is 1.06 bits per heavy atom. The van der Waals surface area contributed by atoms with Crippen molar-refractivity contribution in [3.63, 3.8) is 0 Å². The van der Waals surface area contributed by atoms with Crippen LogP contribution in [0.1, 0.15) is 35.3 Å². The van der Waals surface area contributed by atoms with Gasteiger partial charge >= 0.3 is 6.18 Å². The predicted octanol–water partition coefficient (Wildman–Crippen LogP) is 5.21. The van der Waals surface area contributed by atoms with Crippen molar-refractivity contribution < 1.29 is 31.5 Å². The normalized spacial score (nSPS) is 16.4. The first-order valence-electron chi connectivity index (χ1n) is 10.9. The third-order valence-electron chi connectivity index (χ3n) is 5.48. The van der Waals surface area contributed by atoms with Gasteiger partial charge in [-0.1, -0.05) is 6.07 Å². The summed E-state index contributed by atoms with van der Waals surface area (Å²) in [4.78, 5) is 20.6. The minimum absolute atomic E-state index is 0.0946.